The highest BCUT2D eigenvalue weighted by molar-refractivity contribution is 5.65. The maximum absolute atomic E-state index is 11.2. The van der Waals surface area contributed by atoms with Gasteiger partial charge in [0.2, 0.25) is 0 Å². The molecule has 0 bridgehead atoms. The molecule has 0 aliphatic heterocycles. The van der Waals surface area contributed by atoms with Gasteiger partial charge in [-0.3, -0.25) is 0 Å². The first-order valence-electron chi connectivity index (χ1n) is 19.0. The standard InChI is InChI=1S/C38H77NO3/c1-5-7-9-11-13-15-17-19-21-23-25-27-29-31-33-37(35-39(3,4)36-38(40)41)42-34-32-30-28-26-24-22-20-18-16-14-12-10-8-6-2/h37H,5-36H2,1-4H3. The Kier molecular flexibility index (Phi) is 31.3. The maximum Gasteiger partial charge on any atom is 0.119 e. The number of carboxylic acid groups (broad SMARTS) is 1. The number of quaternary nitrogens is 1. The molecule has 0 rings (SSSR count). The number of hydrogen-bond donors (Lipinski definition) is 0. The average molecular weight is 596 g/mol. The van der Waals surface area contributed by atoms with E-state index in [1.54, 1.807) is 0 Å². The molecule has 4 nitrogen and oxygen atoms in total. The van der Waals surface area contributed by atoms with Gasteiger partial charge in [-0.25, -0.2) is 0 Å². The SMILES string of the molecule is CCCCCCCCCCCCCCCCOC(CCCCCCCCCCCCCCCC)C[N+](C)(C)CC(=O)[O-]. The van der Waals surface area contributed by atoms with E-state index in [4.69, 9.17) is 4.74 Å². The Morgan fingerprint density at radius 1 is 0.524 bits per heavy atom. The molecular formula is C38H77NO3. The Morgan fingerprint density at radius 2 is 0.833 bits per heavy atom. The van der Waals surface area contributed by atoms with Gasteiger partial charge in [0.15, 0.2) is 0 Å². The largest absolute Gasteiger partial charge is 0.544 e. The fourth-order valence-electron chi connectivity index (χ4n) is 6.31. The van der Waals surface area contributed by atoms with Gasteiger partial charge in [0, 0.05) is 6.61 Å². The van der Waals surface area contributed by atoms with Crippen LogP contribution < -0.4 is 5.11 Å². The van der Waals surface area contributed by atoms with Crippen LogP contribution >= 0.6 is 0 Å². The van der Waals surface area contributed by atoms with E-state index >= 15 is 0 Å². The van der Waals surface area contributed by atoms with E-state index in [0.717, 1.165) is 26.0 Å². The Labute approximate surface area is 264 Å². The second-order valence-corrected chi connectivity index (χ2v) is 14.1. The summed E-state index contributed by atoms with van der Waals surface area (Å²) in [5.74, 6) is -0.970. The van der Waals surface area contributed by atoms with Gasteiger partial charge in [0.05, 0.1) is 20.1 Å². The number of nitrogens with zero attached hydrogens (tertiary/aromatic N) is 1. The van der Waals surface area contributed by atoms with Crippen molar-refractivity contribution in [1.29, 1.82) is 0 Å². The lowest BCUT2D eigenvalue weighted by molar-refractivity contribution is -0.888. The molecule has 0 aromatic rings. The minimum absolute atomic E-state index is 0.0530. The summed E-state index contributed by atoms with van der Waals surface area (Å²) in [7, 11) is 3.98. The number of rotatable bonds is 35. The van der Waals surface area contributed by atoms with E-state index < -0.39 is 5.97 Å². The molecular weight excluding hydrogens is 518 g/mol. The summed E-state index contributed by atoms with van der Waals surface area (Å²) in [5, 5.41) is 11.2. The molecule has 1 unspecified atom stereocenters. The minimum Gasteiger partial charge on any atom is -0.544 e. The van der Waals surface area contributed by atoms with Crippen LogP contribution in [0.4, 0.5) is 0 Å². The van der Waals surface area contributed by atoms with Crippen LogP contribution in [0.5, 0.6) is 0 Å². The molecule has 252 valence electrons. The zero-order valence-corrected chi connectivity index (χ0v) is 29.4. The maximum atomic E-state index is 11.2. The van der Waals surface area contributed by atoms with Crippen LogP contribution in [0, 0.1) is 0 Å². The summed E-state index contributed by atoms with van der Waals surface area (Å²) in [6.07, 6.45) is 39.5. The number of aliphatic carboxylic acids is 1. The molecule has 0 aromatic carbocycles. The molecule has 0 N–H and O–H groups in total. The van der Waals surface area contributed by atoms with Crippen molar-refractivity contribution in [2.45, 2.75) is 206 Å². The predicted octanol–water partition coefficient (Wildman–Crippen LogP) is 10.6. The molecule has 0 aliphatic rings. The van der Waals surface area contributed by atoms with Crippen molar-refractivity contribution in [3.8, 4) is 0 Å². The molecule has 4 heteroatoms. The number of ether oxygens (including phenoxy) is 1. The van der Waals surface area contributed by atoms with Crippen molar-refractivity contribution >= 4 is 5.97 Å². The third-order valence-corrected chi connectivity index (χ3v) is 8.99. The molecule has 0 fully saturated rings. The zero-order chi connectivity index (χ0) is 31.0. The highest BCUT2D eigenvalue weighted by Crippen LogP contribution is 2.17. The van der Waals surface area contributed by atoms with Crippen LogP contribution in [-0.2, 0) is 9.53 Å². The molecule has 0 saturated carbocycles. The Morgan fingerprint density at radius 3 is 1.17 bits per heavy atom. The number of unbranched alkanes of at least 4 members (excludes halogenated alkanes) is 26. The lowest BCUT2D eigenvalue weighted by atomic mass is 10.0. The first kappa shape index (κ1) is 41.4. The molecule has 0 heterocycles. The highest BCUT2D eigenvalue weighted by Gasteiger charge is 2.22. The Balaban J connectivity index is 3.89. The van der Waals surface area contributed by atoms with E-state index in [9.17, 15) is 9.90 Å². The van der Waals surface area contributed by atoms with Crippen molar-refractivity contribution in [1.82, 2.24) is 0 Å². The Bertz CT molecular complexity index is 550. The van der Waals surface area contributed by atoms with Crippen molar-refractivity contribution < 1.29 is 19.1 Å². The van der Waals surface area contributed by atoms with Crippen LogP contribution in [0.2, 0.25) is 0 Å². The second-order valence-electron chi connectivity index (χ2n) is 14.1. The van der Waals surface area contributed by atoms with Gasteiger partial charge in [0.1, 0.15) is 19.2 Å². The minimum atomic E-state index is -0.970. The number of carbonyl (C=O) groups is 1. The van der Waals surface area contributed by atoms with E-state index in [1.165, 1.54) is 173 Å². The van der Waals surface area contributed by atoms with Gasteiger partial charge >= 0.3 is 0 Å². The first-order chi connectivity index (χ1) is 20.4. The lowest BCUT2D eigenvalue weighted by Gasteiger charge is -2.33. The molecule has 0 aliphatic carbocycles. The molecule has 1 atom stereocenters. The monoisotopic (exact) mass is 596 g/mol. The van der Waals surface area contributed by atoms with Crippen LogP contribution in [0.15, 0.2) is 0 Å². The number of carboxylic acids is 1. The first-order valence-corrected chi connectivity index (χ1v) is 19.0. The normalized spacial score (nSPS) is 12.7. The summed E-state index contributed by atoms with van der Waals surface area (Å²) in [6.45, 7) is 6.19. The second kappa shape index (κ2) is 31.8. The van der Waals surface area contributed by atoms with Gasteiger partial charge in [-0.1, -0.05) is 187 Å². The van der Waals surface area contributed by atoms with Gasteiger partial charge in [-0.15, -0.1) is 0 Å². The van der Waals surface area contributed by atoms with E-state index in [-0.39, 0.29) is 12.6 Å². The average Bonchev–Trinajstić information content (AvgIpc) is 2.94. The summed E-state index contributed by atoms with van der Waals surface area (Å²) < 4.78 is 6.79. The van der Waals surface area contributed by atoms with Gasteiger partial charge in [-0.05, 0) is 12.8 Å². The smallest absolute Gasteiger partial charge is 0.119 e. The molecule has 0 aromatic heterocycles. The fraction of sp³-hybridized carbons (Fsp3) is 0.974. The van der Waals surface area contributed by atoms with Crippen LogP contribution in [-0.4, -0.2) is 50.3 Å². The molecule has 0 saturated heterocycles. The van der Waals surface area contributed by atoms with Crippen LogP contribution in [0.1, 0.15) is 200 Å². The van der Waals surface area contributed by atoms with Crippen molar-refractivity contribution in [2.24, 2.45) is 0 Å². The van der Waals surface area contributed by atoms with E-state index in [0.29, 0.717) is 4.48 Å². The predicted molar refractivity (Wildman–Crippen MR) is 182 cm³/mol. The fourth-order valence-corrected chi connectivity index (χ4v) is 6.31. The third kappa shape index (κ3) is 32.3. The molecule has 42 heavy (non-hydrogen) atoms. The topological polar surface area (TPSA) is 49.4 Å². The highest BCUT2D eigenvalue weighted by atomic mass is 16.5. The Hall–Kier alpha value is -0.610. The van der Waals surface area contributed by atoms with Crippen LogP contribution in [0.3, 0.4) is 0 Å². The van der Waals surface area contributed by atoms with Gasteiger partial charge in [0.25, 0.3) is 0 Å². The summed E-state index contributed by atoms with van der Waals surface area (Å²) >= 11 is 0. The van der Waals surface area contributed by atoms with E-state index in [2.05, 4.69) is 13.8 Å². The molecule has 0 spiro atoms. The third-order valence-electron chi connectivity index (χ3n) is 8.99. The van der Waals surface area contributed by atoms with Gasteiger partial charge < -0.3 is 19.1 Å². The zero-order valence-electron chi connectivity index (χ0n) is 29.4. The van der Waals surface area contributed by atoms with Crippen LogP contribution in [0.25, 0.3) is 0 Å². The van der Waals surface area contributed by atoms with Gasteiger partial charge in [-0.2, -0.15) is 0 Å². The summed E-state index contributed by atoms with van der Waals surface area (Å²) in [6, 6.07) is 0. The lowest BCUT2D eigenvalue weighted by Crippen LogP contribution is -2.52. The summed E-state index contributed by atoms with van der Waals surface area (Å²) in [4.78, 5) is 11.2. The number of carbonyl (C=O) groups excluding carboxylic acids is 1. The van der Waals surface area contributed by atoms with Crippen molar-refractivity contribution in [2.75, 3.05) is 33.8 Å². The quantitative estimate of drug-likeness (QED) is 0.0541. The number of likely N-dealkylation sites (N-methyl/N-ethyl adjacent to an activating group) is 1. The van der Waals surface area contributed by atoms with Crippen molar-refractivity contribution in [3.05, 3.63) is 0 Å². The molecule has 0 amide bonds. The van der Waals surface area contributed by atoms with Crippen molar-refractivity contribution in [3.63, 3.8) is 0 Å². The van der Waals surface area contributed by atoms with E-state index in [1.807, 2.05) is 14.1 Å². The summed E-state index contributed by atoms with van der Waals surface area (Å²) in [5.41, 5.74) is 0. The number of hydrogen-bond acceptors (Lipinski definition) is 3. The molecule has 0 radical (unpaired) electrons.